The lowest BCUT2D eigenvalue weighted by molar-refractivity contribution is 0.119. The number of rotatable bonds is 6. The number of benzene rings is 1. The van der Waals surface area contributed by atoms with E-state index in [0.717, 1.165) is 12.8 Å². The fourth-order valence-corrected chi connectivity index (χ4v) is 1.32. The molecule has 84 valence electrons. The van der Waals surface area contributed by atoms with E-state index in [0.29, 0.717) is 24.3 Å². The largest absolute Gasteiger partial charge is 0.377 e. The van der Waals surface area contributed by atoms with Crippen LogP contribution in [-0.2, 0) is 11.3 Å². The lowest BCUT2D eigenvalue weighted by Crippen LogP contribution is -1.96. The molecule has 2 nitrogen and oxygen atoms in total. The zero-order valence-electron chi connectivity index (χ0n) is 9.08. The van der Waals surface area contributed by atoms with Crippen molar-refractivity contribution in [3.63, 3.8) is 0 Å². The first-order chi connectivity index (χ1) is 7.76. The third-order valence-corrected chi connectivity index (χ3v) is 2.05. The molecular weight excluding hydrogens is 205 g/mol. The molecule has 0 unspecified atom stereocenters. The van der Waals surface area contributed by atoms with Crippen LogP contribution in [0.5, 0.6) is 0 Å². The lowest BCUT2D eigenvalue weighted by atomic mass is 10.1. The van der Waals surface area contributed by atoms with Crippen molar-refractivity contribution in [1.82, 2.24) is 0 Å². The van der Waals surface area contributed by atoms with Crippen LogP contribution in [0.25, 0.3) is 0 Å². The van der Waals surface area contributed by atoms with Crippen molar-refractivity contribution in [2.75, 3.05) is 6.61 Å². The van der Waals surface area contributed by atoms with Crippen LogP contribution in [0, 0.1) is 17.1 Å². The third-order valence-electron chi connectivity index (χ3n) is 2.05. The Morgan fingerprint density at radius 2 is 2.25 bits per heavy atom. The van der Waals surface area contributed by atoms with E-state index >= 15 is 0 Å². The zero-order valence-corrected chi connectivity index (χ0v) is 9.08. The van der Waals surface area contributed by atoms with Gasteiger partial charge in [-0.25, -0.2) is 4.39 Å². The first-order valence-corrected chi connectivity index (χ1v) is 5.14. The van der Waals surface area contributed by atoms with Gasteiger partial charge in [0.1, 0.15) is 5.82 Å². The zero-order chi connectivity index (χ0) is 11.8. The van der Waals surface area contributed by atoms with Gasteiger partial charge in [0.2, 0.25) is 0 Å². The van der Waals surface area contributed by atoms with Crippen molar-refractivity contribution in [2.45, 2.75) is 19.4 Å². The lowest BCUT2D eigenvalue weighted by Gasteiger charge is -2.04. The highest BCUT2D eigenvalue weighted by atomic mass is 19.1. The predicted octanol–water partition coefficient (Wildman–Crippen LogP) is 3.18. The summed E-state index contributed by atoms with van der Waals surface area (Å²) in [5, 5.41) is 8.66. The number of ether oxygens (including phenoxy) is 1. The molecule has 0 saturated carbocycles. The molecule has 16 heavy (non-hydrogen) atoms. The Balaban J connectivity index is 2.45. The van der Waals surface area contributed by atoms with Gasteiger partial charge in [-0.3, -0.25) is 0 Å². The summed E-state index contributed by atoms with van der Waals surface area (Å²) in [7, 11) is 0. The summed E-state index contributed by atoms with van der Waals surface area (Å²) in [5.41, 5.74) is 1.01. The predicted molar refractivity (Wildman–Crippen MR) is 60.2 cm³/mol. The monoisotopic (exact) mass is 219 g/mol. The van der Waals surface area contributed by atoms with Crippen molar-refractivity contribution >= 4 is 0 Å². The fourth-order valence-electron chi connectivity index (χ4n) is 1.32. The summed E-state index contributed by atoms with van der Waals surface area (Å²) in [5.74, 6) is -0.399. The maximum Gasteiger partial charge on any atom is 0.124 e. The molecule has 0 aliphatic heterocycles. The molecule has 0 spiro atoms. The van der Waals surface area contributed by atoms with Crippen molar-refractivity contribution in [3.05, 3.63) is 47.8 Å². The van der Waals surface area contributed by atoms with Gasteiger partial charge in [0.15, 0.2) is 0 Å². The number of halogens is 1. The Hall–Kier alpha value is -1.66. The number of nitrogens with zero attached hydrogens (tertiary/aromatic N) is 1. The number of hydrogen-bond acceptors (Lipinski definition) is 2. The highest BCUT2D eigenvalue weighted by Gasteiger charge is 2.00. The summed E-state index contributed by atoms with van der Waals surface area (Å²) >= 11 is 0. The van der Waals surface area contributed by atoms with Crippen molar-refractivity contribution in [1.29, 1.82) is 5.26 Å². The van der Waals surface area contributed by atoms with E-state index in [1.165, 1.54) is 12.1 Å². The molecule has 0 N–H and O–H groups in total. The molecule has 1 rings (SSSR count). The molecule has 0 fully saturated rings. The Morgan fingerprint density at radius 1 is 1.44 bits per heavy atom. The van der Waals surface area contributed by atoms with Gasteiger partial charge in [-0.15, -0.1) is 6.58 Å². The topological polar surface area (TPSA) is 33.0 Å². The Labute approximate surface area is 95.0 Å². The van der Waals surface area contributed by atoms with Crippen LogP contribution in [-0.4, -0.2) is 6.61 Å². The smallest absolute Gasteiger partial charge is 0.124 e. The maximum atomic E-state index is 13.0. The van der Waals surface area contributed by atoms with Crippen LogP contribution in [0.1, 0.15) is 24.0 Å². The van der Waals surface area contributed by atoms with Crippen molar-refractivity contribution in [2.24, 2.45) is 0 Å². The summed E-state index contributed by atoms with van der Waals surface area (Å²) < 4.78 is 18.4. The van der Waals surface area contributed by atoms with Gasteiger partial charge in [0.25, 0.3) is 0 Å². The molecule has 0 aliphatic carbocycles. The number of allylic oxidation sites excluding steroid dienone is 1. The van der Waals surface area contributed by atoms with E-state index in [1.807, 2.05) is 12.1 Å². The minimum absolute atomic E-state index is 0.324. The van der Waals surface area contributed by atoms with Gasteiger partial charge >= 0.3 is 0 Å². The van der Waals surface area contributed by atoms with Crippen molar-refractivity contribution < 1.29 is 9.13 Å². The van der Waals surface area contributed by atoms with Crippen LogP contribution < -0.4 is 0 Å². The quantitative estimate of drug-likeness (QED) is 0.543. The van der Waals surface area contributed by atoms with Crippen LogP contribution >= 0.6 is 0 Å². The number of hydrogen-bond donors (Lipinski definition) is 0. The molecule has 1 aromatic carbocycles. The van der Waals surface area contributed by atoms with Gasteiger partial charge in [-0.1, -0.05) is 6.08 Å². The average Bonchev–Trinajstić information content (AvgIpc) is 2.28. The first kappa shape index (κ1) is 12.4. The molecule has 0 saturated heterocycles. The van der Waals surface area contributed by atoms with Gasteiger partial charge in [-0.05, 0) is 36.6 Å². The van der Waals surface area contributed by atoms with Gasteiger partial charge < -0.3 is 4.74 Å². The molecule has 0 bridgehead atoms. The molecule has 3 heteroatoms. The Kier molecular flexibility index (Phi) is 5.24. The van der Waals surface area contributed by atoms with Gasteiger partial charge in [-0.2, -0.15) is 5.26 Å². The highest BCUT2D eigenvalue weighted by molar-refractivity contribution is 5.33. The van der Waals surface area contributed by atoms with Gasteiger partial charge in [0.05, 0.1) is 18.2 Å². The van der Waals surface area contributed by atoms with Crippen LogP contribution in [0.2, 0.25) is 0 Å². The van der Waals surface area contributed by atoms with E-state index < -0.39 is 5.82 Å². The summed E-state index contributed by atoms with van der Waals surface area (Å²) in [6.45, 7) is 4.56. The number of nitriles is 1. The SMILES string of the molecule is C=CCCCOCc1cc(F)cc(C#N)c1. The normalized spacial score (nSPS) is 9.75. The molecule has 0 aliphatic rings. The third kappa shape index (κ3) is 4.24. The van der Waals surface area contributed by atoms with E-state index in [-0.39, 0.29) is 0 Å². The summed E-state index contributed by atoms with van der Waals surface area (Å²) in [4.78, 5) is 0. The van der Waals surface area contributed by atoms with E-state index in [4.69, 9.17) is 10.00 Å². The highest BCUT2D eigenvalue weighted by Crippen LogP contribution is 2.09. The minimum Gasteiger partial charge on any atom is -0.377 e. The van der Waals surface area contributed by atoms with E-state index in [1.54, 1.807) is 6.07 Å². The second kappa shape index (κ2) is 6.76. The van der Waals surface area contributed by atoms with E-state index in [9.17, 15) is 4.39 Å². The standard InChI is InChI=1S/C13H14FNO/c1-2-3-4-5-16-10-12-6-11(9-15)7-13(14)8-12/h2,6-8H,1,3-5,10H2. The second-order valence-corrected chi connectivity index (χ2v) is 3.44. The molecule has 0 atom stereocenters. The minimum atomic E-state index is -0.399. The van der Waals surface area contributed by atoms with E-state index in [2.05, 4.69) is 6.58 Å². The summed E-state index contributed by atoms with van der Waals surface area (Å²) in [6.07, 6.45) is 3.65. The van der Waals surface area contributed by atoms with Crippen molar-refractivity contribution in [3.8, 4) is 6.07 Å². The van der Waals surface area contributed by atoms with Crippen LogP contribution in [0.4, 0.5) is 4.39 Å². The van der Waals surface area contributed by atoms with Gasteiger partial charge in [0, 0.05) is 6.61 Å². The average molecular weight is 219 g/mol. The Bertz CT molecular complexity index is 395. The molecule has 0 amide bonds. The molecule has 0 radical (unpaired) electrons. The maximum absolute atomic E-state index is 13.0. The Morgan fingerprint density at radius 3 is 2.94 bits per heavy atom. The first-order valence-electron chi connectivity index (χ1n) is 5.14. The molecular formula is C13H14FNO. The van der Waals surface area contributed by atoms with Crippen LogP contribution in [0.3, 0.4) is 0 Å². The summed E-state index contributed by atoms with van der Waals surface area (Å²) in [6, 6.07) is 6.14. The van der Waals surface area contributed by atoms with Crippen LogP contribution in [0.15, 0.2) is 30.9 Å². The fraction of sp³-hybridized carbons (Fsp3) is 0.308. The molecule has 0 aromatic heterocycles. The number of unbranched alkanes of at least 4 members (excludes halogenated alkanes) is 1. The molecule has 0 heterocycles. The second-order valence-electron chi connectivity index (χ2n) is 3.44. The molecule has 1 aromatic rings.